The van der Waals surface area contributed by atoms with Gasteiger partial charge in [-0.25, -0.2) is 0 Å². The van der Waals surface area contributed by atoms with Gasteiger partial charge in [0.2, 0.25) is 0 Å². The van der Waals surface area contributed by atoms with Crippen molar-refractivity contribution in [2.24, 2.45) is 5.10 Å². The van der Waals surface area contributed by atoms with Gasteiger partial charge in [-0.3, -0.25) is 5.01 Å². The Hall–Kier alpha value is 0.0700. The van der Waals surface area contributed by atoms with E-state index < -0.39 is 0 Å². The molecule has 0 radical (unpaired) electrons. The number of hydrazone groups is 1. The van der Waals surface area contributed by atoms with E-state index in [1.54, 1.807) is 0 Å². The Morgan fingerprint density at radius 2 is 2.50 bits per heavy atom. The number of halogens is 1. The van der Waals surface area contributed by atoms with Gasteiger partial charge >= 0.3 is 0 Å². The highest BCUT2D eigenvalue weighted by Gasteiger charge is 2.27. The van der Waals surface area contributed by atoms with Crippen molar-refractivity contribution >= 4 is 29.1 Å². The first-order valence-corrected chi connectivity index (χ1v) is 5.22. The topological polar surface area (TPSA) is 15.6 Å². The number of rotatable bonds is 1. The van der Waals surface area contributed by atoms with Crippen LogP contribution in [0, 0.1) is 0 Å². The third-order valence-corrected chi connectivity index (χ3v) is 2.77. The molecular formula is C5H7IN2. The smallest absolute Gasteiger partial charge is 0.0817 e. The maximum absolute atomic E-state index is 4.20. The minimum absolute atomic E-state index is 0.218. The zero-order valence-corrected chi connectivity index (χ0v) is 6.58. The molecule has 3 heteroatoms. The van der Waals surface area contributed by atoms with E-state index in [0.29, 0.717) is 0 Å². The van der Waals surface area contributed by atoms with Crippen molar-refractivity contribution in [1.82, 2.24) is 5.01 Å². The number of hydrogen-bond acceptors (Lipinski definition) is 2. The molecule has 0 unspecified atom stereocenters. The van der Waals surface area contributed by atoms with Gasteiger partial charge in [0.15, 0.2) is 0 Å². The lowest BCUT2D eigenvalue weighted by Gasteiger charge is -2.05. The van der Waals surface area contributed by atoms with Gasteiger partial charge in [-0.1, -0.05) is 20.7 Å². The second-order valence-corrected chi connectivity index (χ2v) is 3.88. The van der Waals surface area contributed by atoms with Crippen LogP contribution in [0.25, 0.3) is 0 Å². The van der Waals surface area contributed by atoms with Crippen LogP contribution in [0.15, 0.2) is 5.10 Å². The number of hydrogen-bond donors (Lipinski definition) is 0. The van der Waals surface area contributed by atoms with Crippen molar-refractivity contribution in [3.05, 3.63) is 0 Å². The molecule has 2 aliphatic rings. The van der Waals surface area contributed by atoms with Crippen molar-refractivity contribution in [2.45, 2.75) is 18.9 Å². The Bertz CT molecular complexity index is 137. The molecule has 0 aromatic heterocycles. The fourth-order valence-electron chi connectivity index (χ4n) is 0.697. The molecule has 1 aliphatic carbocycles. The van der Waals surface area contributed by atoms with E-state index in [9.17, 15) is 0 Å². The van der Waals surface area contributed by atoms with Crippen molar-refractivity contribution in [3.63, 3.8) is 0 Å². The fraction of sp³-hybridized carbons (Fsp3) is 0.600. The summed E-state index contributed by atoms with van der Waals surface area (Å²) in [6, 6.07) is 0.799. The highest BCUT2D eigenvalue weighted by Crippen LogP contribution is 2.27. The molecule has 0 atom stereocenters. The van der Waals surface area contributed by atoms with Gasteiger partial charge < -0.3 is 0 Å². The Balaban J connectivity index is 2.06. The van der Waals surface area contributed by atoms with Crippen LogP contribution in [0.3, 0.4) is 0 Å². The highest BCUT2D eigenvalue weighted by molar-refractivity contribution is 14.2. The maximum Gasteiger partial charge on any atom is 0.0817 e. The molecule has 44 valence electrons. The highest BCUT2D eigenvalue weighted by atomic mass is 127. The minimum Gasteiger partial charge on any atom is -0.264 e. The van der Waals surface area contributed by atoms with Crippen LogP contribution >= 0.6 is 20.7 Å². The van der Waals surface area contributed by atoms with Gasteiger partial charge in [0.1, 0.15) is 0 Å². The SMILES string of the molecule is C1=NN(C2CC2)C=I1. The predicted molar refractivity (Wildman–Crippen MR) is 43.4 cm³/mol. The van der Waals surface area contributed by atoms with Gasteiger partial charge in [0, 0.05) is 0 Å². The van der Waals surface area contributed by atoms with E-state index in [2.05, 4.69) is 18.5 Å². The molecule has 0 aromatic rings. The third-order valence-electron chi connectivity index (χ3n) is 1.31. The standard InChI is InChI=1S/C5H7IN2/c1-2-5(1)8-4-6-3-7-8/h3-5H,1-2H2. The summed E-state index contributed by atoms with van der Waals surface area (Å²) in [4.78, 5) is 0. The van der Waals surface area contributed by atoms with Gasteiger partial charge in [0.05, 0.1) is 14.4 Å². The van der Waals surface area contributed by atoms with Gasteiger partial charge in [-0.2, -0.15) is 5.10 Å². The van der Waals surface area contributed by atoms with Crippen LogP contribution in [0.1, 0.15) is 12.8 Å². The molecule has 0 amide bonds. The average molecular weight is 222 g/mol. The van der Waals surface area contributed by atoms with Crippen molar-refractivity contribution in [3.8, 4) is 0 Å². The summed E-state index contributed by atoms with van der Waals surface area (Å²) >= 11 is 0.218. The summed E-state index contributed by atoms with van der Waals surface area (Å²) in [5.74, 6) is 0. The molecular weight excluding hydrogens is 215 g/mol. The second kappa shape index (κ2) is 1.79. The first-order valence-electron chi connectivity index (χ1n) is 2.73. The monoisotopic (exact) mass is 222 g/mol. The van der Waals surface area contributed by atoms with Crippen molar-refractivity contribution in [1.29, 1.82) is 0 Å². The predicted octanol–water partition coefficient (Wildman–Crippen LogP) is 1.14. The van der Waals surface area contributed by atoms with E-state index >= 15 is 0 Å². The van der Waals surface area contributed by atoms with E-state index in [1.165, 1.54) is 12.8 Å². The van der Waals surface area contributed by atoms with Crippen LogP contribution in [-0.4, -0.2) is 19.4 Å². The molecule has 0 aromatic carbocycles. The van der Waals surface area contributed by atoms with Crippen LogP contribution < -0.4 is 0 Å². The van der Waals surface area contributed by atoms with E-state index in [1.807, 2.05) is 0 Å². The second-order valence-electron chi connectivity index (χ2n) is 2.05. The maximum atomic E-state index is 4.20. The Kier molecular flexibility index (Phi) is 1.10. The molecule has 1 fully saturated rings. The Morgan fingerprint density at radius 3 is 3.00 bits per heavy atom. The average Bonchev–Trinajstić information content (AvgIpc) is 2.49. The molecule has 1 saturated carbocycles. The lowest BCUT2D eigenvalue weighted by molar-refractivity contribution is 0.461. The van der Waals surface area contributed by atoms with E-state index in [4.69, 9.17) is 0 Å². The van der Waals surface area contributed by atoms with Crippen LogP contribution in [-0.2, 0) is 0 Å². The zero-order valence-electron chi connectivity index (χ0n) is 4.42. The molecule has 1 heterocycles. The normalized spacial score (nSPS) is 26.2. The van der Waals surface area contributed by atoms with E-state index in [-0.39, 0.29) is 20.7 Å². The zero-order chi connectivity index (χ0) is 5.40. The first kappa shape index (κ1) is 4.90. The minimum atomic E-state index is 0.218. The Labute approximate surface area is 58.3 Å². The molecule has 0 spiro atoms. The summed E-state index contributed by atoms with van der Waals surface area (Å²) in [6.45, 7) is 0. The lowest BCUT2D eigenvalue weighted by atomic mass is 10.7. The van der Waals surface area contributed by atoms with Gasteiger partial charge in [-0.15, -0.1) is 0 Å². The summed E-state index contributed by atoms with van der Waals surface area (Å²) in [5, 5.41) is 6.33. The quantitative estimate of drug-likeness (QED) is 0.607. The Morgan fingerprint density at radius 1 is 1.62 bits per heavy atom. The first-order chi connectivity index (χ1) is 3.97. The molecule has 8 heavy (non-hydrogen) atoms. The van der Waals surface area contributed by atoms with E-state index in [0.717, 1.165) is 6.04 Å². The molecule has 0 N–H and O–H groups in total. The molecule has 2 rings (SSSR count). The molecule has 2 nitrogen and oxygen atoms in total. The molecule has 1 aliphatic heterocycles. The van der Waals surface area contributed by atoms with Gasteiger partial charge in [-0.05, 0) is 12.8 Å². The summed E-state index contributed by atoms with van der Waals surface area (Å²) in [6.07, 6.45) is 2.72. The van der Waals surface area contributed by atoms with Crippen molar-refractivity contribution < 1.29 is 0 Å². The summed E-state index contributed by atoms with van der Waals surface area (Å²) in [5.41, 5.74) is 0. The number of nitrogens with zero attached hydrogens (tertiary/aromatic N) is 2. The van der Waals surface area contributed by atoms with Crippen molar-refractivity contribution in [2.75, 3.05) is 0 Å². The van der Waals surface area contributed by atoms with Crippen LogP contribution in [0.2, 0.25) is 0 Å². The lowest BCUT2D eigenvalue weighted by Crippen LogP contribution is -2.13. The fourth-order valence-corrected chi connectivity index (χ4v) is 2.20. The molecule has 0 saturated heterocycles. The third kappa shape index (κ3) is 0.788. The van der Waals surface area contributed by atoms with Crippen LogP contribution in [0.5, 0.6) is 0 Å². The molecule has 0 bridgehead atoms. The summed E-state index contributed by atoms with van der Waals surface area (Å²) in [7, 11) is 0. The summed E-state index contributed by atoms with van der Waals surface area (Å²) < 4.78 is 4.33. The van der Waals surface area contributed by atoms with Gasteiger partial charge in [0.25, 0.3) is 0 Å². The van der Waals surface area contributed by atoms with Crippen LogP contribution in [0.4, 0.5) is 0 Å². The largest absolute Gasteiger partial charge is 0.264 e.